The molecule has 0 heterocycles. The first-order valence-electron chi connectivity index (χ1n) is 6.35. The van der Waals surface area contributed by atoms with Crippen LogP contribution in [0.2, 0.25) is 0 Å². The fraction of sp³-hybridized carbons (Fsp3) is 0.538. The van der Waals surface area contributed by atoms with Crippen LogP contribution in [0.3, 0.4) is 0 Å². The Labute approximate surface area is 122 Å². The smallest absolute Gasteiger partial charge is 0.241 e. The van der Waals surface area contributed by atoms with Gasteiger partial charge in [0.1, 0.15) is 0 Å². The lowest BCUT2D eigenvalue weighted by Gasteiger charge is -2.26. The number of aliphatic hydroxyl groups excluding tert-OH is 1. The van der Waals surface area contributed by atoms with Crippen molar-refractivity contribution in [2.45, 2.75) is 49.6 Å². The number of benzene rings is 1. The molecule has 2 rings (SSSR count). The van der Waals surface area contributed by atoms with Crippen LogP contribution in [0.4, 0.5) is 0 Å². The van der Waals surface area contributed by atoms with Crippen molar-refractivity contribution in [3.8, 4) is 0 Å². The molecule has 4 nitrogen and oxygen atoms in total. The number of aryl methyl sites for hydroxylation is 1. The van der Waals surface area contributed by atoms with E-state index < -0.39 is 16.1 Å². The van der Waals surface area contributed by atoms with Gasteiger partial charge < -0.3 is 5.11 Å². The van der Waals surface area contributed by atoms with Gasteiger partial charge in [-0.15, -0.1) is 0 Å². The highest BCUT2D eigenvalue weighted by Gasteiger charge is 2.26. The maximum Gasteiger partial charge on any atom is 0.241 e. The van der Waals surface area contributed by atoms with Crippen LogP contribution in [-0.4, -0.2) is 25.7 Å². The van der Waals surface area contributed by atoms with Crippen molar-refractivity contribution < 1.29 is 13.5 Å². The minimum absolute atomic E-state index is 0.179. The second-order valence-corrected chi connectivity index (χ2v) is 7.61. The lowest BCUT2D eigenvalue weighted by molar-refractivity contribution is 0.117. The van der Waals surface area contributed by atoms with Crippen LogP contribution < -0.4 is 4.72 Å². The number of nitrogens with one attached hydrogen (secondary N) is 1. The molecule has 6 heteroatoms. The van der Waals surface area contributed by atoms with E-state index in [9.17, 15) is 13.5 Å². The standard InChI is InChI=1S/C13H18BrNO3S/c1-9-5-6-13(12(14)7-9)19(17,18)15-10-3-2-4-11(16)8-10/h5-7,10-11,15-16H,2-4,8H2,1H3. The van der Waals surface area contributed by atoms with E-state index >= 15 is 0 Å². The van der Waals surface area contributed by atoms with E-state index in [0.29, 0.717) is 10.9 Å². The highest BCUT2D eigenvalue weighted by molar-refractivity contribution is 9.10. The number of rotatable bonds is 3. The highest BCUT2D eigenvalue weighted by atomic mass is 79.9. The van der Waals surface area contributed by atoms with E-state index in [1.54, 1.807) is 18.2 Å². The van der Waals surface area contributed by atoms with Crippen molar-refractivity contribution >= 4 is 26.0 Å². The van der Waals surface area contributed by atoms with Gasteiger partial charge in [0.2, 0.25) is 10.0 Å². The Morgan fingerprint density at radius 2 is 2.11 bits per heavy atom. The van der Waals surface area contributed by atoms with Gasteiger partial charge in [-0.1, -0.05) is 6.07 Å². The zero-order valence-electron chi connectivity index (χ0n) is 10.8. The van der Waals surface area contributed by atoms with E-state index in [2.05, 4.69) is 20.7 Å². The molecule has 0 radical (unpaired) electrons. The number of sulfonamides is 1. The van der Waals surface area contributed by atoms with Gasteiger partial charge in [-0.3, -0.25) is 0 Å². The van der Waals surface area contributed by atoms with Gasteiger partial charge in [-0.25, -0.2) is 13.1 Å². The zero-order chi connectivity index (χ0) is 14.0. The van der Waals surface area contributed by atoms with Crippen molar-refractivity contribution in [2.75, 3.05) is 0 Å². The number of halogens is 1. The van der Waals surface area contributed by atoms with Crippen LogP contribution in [0, 0.1) is 6.92 Å². The molecule has 0 spiro atoms. The monoisotopic (exact) mass is 347 g/mol. The van der Waals surface area contributed by atoms with Crippen LogP contribution >= 0.6 is 15.9 Å². The quantitative estimate of drug-likeness (QED) is 0.881. The Kier molecular flexibility index (Phi) is 4.66. The fourth-order valence-electron chi connectivity index (χ4n) is 2.38. The first-order valence-corrected chi connectivity index (χ1v) is 8.62. The van der Waals surface area contributed by atoms with Gasteiger partial charge in [0.05, 0.1) is 11.0 Å². The SMILES string of the molecule is Cc1ccc(S(=O)(=O)NC2CCCC(O)C2)c(Br)c1. The normalized spacial score (nSPS) is 24.4. The second kappa shape index (κ2) is 5.91. The van der Waals surface area contributed by atoms with Crippen molar-refractivity contribution in [3.63, 3.8) is 0 Å². The summed E-state index contributed by atoms with van der Waals surface area (Å²) in [5, 5.41) is 9.59. The van der Waals surface area contributed by atoms with Crippen molar-refractivity contribution in [2.24, 2.45) is 0 Å². The summed E-state index contributed by atoms with van der Waals surface area (Å²) in [6.07, 6.45) is 2.47. The van der Waals surface area contributed by atoms with Gasteiger partial charge in [-0.2, -0.15) is 0 Å². The molecule has 1 aromatic rings. The molecule has 19 heavy (non-hydrogen) atoms. The van der Waals surface area contributed by atoms with Gasteiger partial charge in [-0.05, 0) is 66.2 Å². The minimum Gasteiger partial charge on any atom is -0.393 e. The zero-order valence-corrected chi connectivity index (χ0v) is 13.2. The molecule has 0 bridgehead atoms. The van der Waals surface area contributed by atoms with E-state index in [0.717, 1.165) is 24.8 Å². The summed E-state index contributed by atoms with van der Waals surface area (Å²) in [6.45, 7) is 1.91. The summed E-state index contributed by atoms with van der Waals surface area (Å²) in [5.74, 6) is 0. The highest BCUT2D eigenvalue weighted by Crippen LogP contribution is 2.25. The van der Waals surface area contributed by atoms with Crippen molar-refractivity contribution in [1.29, 1.82) is 0 Å². The Morgan fingerprint density at radius 3 is 2.74 bits per heavy atom. The number of hydrogen-bond donors (Lipinski definition) is 2. The Morgan fingerprint density at radius 1 is 1.37 bits per heavy atom. The minimum atomic E-state index is -3.54. The lowest BCUT2D eigenvalue weighted by Crippen LogP contribution is -2.39. The third-order valence-electron chi connectivity index (χ3n) is 3.35. The average molecular weight is 348 g/mol. The lowest BCUT2D eigenvalue weighted by atomic mass is 9.94. The Hall–Kier alpha value is -0.430. The van der Waals surface area contributed by atoms with Crippen molar-refractivity contribution in [3.05, 3.63) is 28.2 Å². The predicted octanol–water partition coefficient (Wildman–Crippen LogP) is 2.34. The summed E-state index contributed by atoms with van der Waals surface area (Å²) < 4.78 is 27.9. The number of hydrogen-bond acceptors (Lipinski definition) is 3. The number of aliphatic hydroxyl groups is 1. The summed E-state index contributed by atoms with van der Waals surface area (Å²) >= 11 is 3.29. The maximum absolute atomic E-state index is 12.3. The second-order valence-electron chi connectivity index (χ2n) is 5.07. The van der Waals surface area contributed by atoms with E-state index in [4.69, 9.17) is 0 Å². The third kappa shape index (κ3) is 3.78. The van der Waals surface area contributed by atoms with Gasteiger partial charge in [0.25, 0.3) is 0 Å². The molecule has 2 atom stereocenters. The molecule has 2 unspecified atom stereocenters. The van der Waals surface area contributed by atoms with Crippen LogP contribution in [0.15, 0.2) is 27.6 Å². The molecular weight excluding hydrogens is 330 g/mol. The van der Waals surface area contributed by atoms with Gasteiger partial charge in [0, 0.05) is 10.5 Å². The van der Waals surface area contributed by atoms with E-state index in [1.807, 2.05) is 6.92 Å². The van der Waals surface area contributed by atoms with Crippen LogP contribution in [0.25, 0.3) is 0 Å². The third-order valence-corrected chi connectivity index (χ3v) is 5.84. The maximum atomic E-state index is 12.3. The molecule has 1 aromatic carbocycles. The molecule has 106 valence electrons. The summed E-state index contributed by atoms with van der Waals surface area (Å²) in [7, 11) is -3.54. The summed E-state index contributed by atoms with van der Waals surface area (Å²) in [4.78, 5) is 0.248. The van der Waals surface area contributed by atoms with Crippen LogP contribution in [0.5, 0.6) is 0 Å². The first kappa shape index (κ1) is 15.0. The molecule has 1 saturated carbocycles. The molecule has 1 aliphatic carbocycles. The largest absolute Gasteiger partial charge is 0.393 e. The molecule has 0 amide bonds. The fourth-order valence-corrected chi connectivity index (χ4v) is 4.85. The Balaban J connectivity index is 2.18. The molecule has 1 aliphatic rings. The molecule has 0 saturated heterocycles. The van der Waals surface area contributed by atoms with E-state index in [-0.39, 0.29) is 10.9 Å². The van der Waals surface area contributed by atoms with Crippen molar-refractivity contribution in [1.82, 2.24) is 4.72 Å². The molecule has 0 aromatic heterocycles. The predicted molar refractivity (Wildman–Crippen MR) is 77.5 cm³/mol. The molecular formula is C13H18BrNO3S. The average Bonchev–Trinajstić information content (AvgIpc) is 2.27. The summed E-state index contributed by atoms with van der Waals surface area (Å²) in [5.41, 5.74) is 0.999. The topological polar surface area (TPSA) is 66.4 Å². The van der Waals surface area contributed by atoms with Gasteiger partial charge in [0.15, 0.2) is 0 Å². The first-order chi connectivity index (χ1) is 8.88. The van der Waals surface area contributed by atoms with Crippen LogP contribution in [-0.2, 0) is 10.0 Å². The molecule has 1 fully saturated rings. The molecule has 0 aliphatic heterocycles. The van der Waals surface area contributed by atoms with Crippen LogP contribution in [0.1, 0.15) is 31.2 Å². The molecule has 2 N–H and O–H groups in total. The Bertz CT molecular complexity index is 559. The van der Waals surface area contributed by atoms with E-state index in [1.165, 1.54) is 0 Å². The van der Waals surface area contributed by atoms with Gasteiger partial charge >= 0.3 is 0 Å². The summed E-state index contributed by atoms with van der Waals surface area (Å²) in [6, 6.07) is 4.97.